The number of nitrogens with two attached hydrogens (primary N) is 1. The van der Waals surface area contributed by atoms with E-state index in [2.05, 4.69) is 5.32 Å². The van der Waals surface area contributed by atoms with E-state index in [1.807, 2.05) is 0 Å². The number of hydrogen-bond donors (Lipinski definition) is 2. The molecule has 0 fully saturated rings. The number of hydrogen-bond acceptors (Lipinski definition) is 3. The van der Waals surface area contributed by atoms with Crippen molar-refractivity contribution in [3.8, 4) is 0 Å². The van der Waals surface area contributed by atoms with Crippen molar-refractivity contribution >= 4 is 23.6 Å². The van der Waals surface area contributed by atoms with Gasteiger partial charge in [-0.05, 0) is 24.1 Å². The van der Waals surface area contributed by atoms with Crippen LogP contribution in [0.15, 0.2) is 18.2 Å². The molecule has 2 amide bonds. The molecule has 1 aromatic carbocycles. The van der Waals surface area contributed by atoms with Crippen LogP contribution >= 0.6 is 11.8 Å². The molecule has 0 spiro atoms. The summed E-state index contributed by atoms with van der Waals surface area (Å²) >= 11 is 1.33. The molecule has 0 bridgehead atoms. The Morgan fingerprint density at radius 2 is 2.16 bits per heavy atom. The minimum Gasteiger partial charge on any atom is -0.369 e. The van der Waals surface area contributed by atoms with Gasteiger partial charge in [0, 0.05) is 18.7 Å². The Morgan fingerprint density at radius 3 is 2.79 bits per heavy atom. The van der Waals surface area contributed by atoms with Crippen molar-refractivity contribution in [1.82, 2.24) is 5.32 Å². The summed E-state index contributed by atoms with van der Waals surface area (Å²) < 4.78 is 13.0. The monoisotopic (exact) mass is 284 g/mol. The largest absolute Gasteiger partial charge is 0.369 e. The molecule has 0 heterocycles. The summed E-state index contributed by atoms with van der Waals surface area (Å²) in [5, 5.41) is 2.74. The summed E-state index contributed by atoms with van der Waals surface area (Å²) in [6.45, 7) is 2.06. The van der Waals surface area contributed by atoms with Gasteiger partial charge in [-0.25, -0.2) is 4.39 Å². The van der Waals surface area contributed by atoms with E-state index in [4.69, 9.17) is 5.73 Å². The van der Waals surface area contributed by atoms with E-state index in [9.17, 15) is 14.0 Å². The highest BCUT2D eigenvalue weighted by Gasteiger charge is 2.04. The number of thioether (sulfide) groups is 1. The van der Waals surface area contributed by atoms with Crippen LogP contribution in [0.1, 0.15) is 17.5 Å². The highest BCUT2D eigenvalue weighted by molar-refractivity contribution is 7.99. The Kier molecular flexibility index (Phi) is 6.35. The molecule has 4 nitrogen and oxygen atoms in total. The number of carbonyl (C=O) groups is 2. The van der Waals surface area contributed by atoms with Gasteiger partial charge in [-0.15, -0.1) is 0 Å². The highest BCUT2D eigenvalue weighted by atomic mass is 32.2. The van der Waals surface area contributed by atoms with Crippen LogP contribution in [0.25, 0.3) is 0 Å². The summed E-state index contributed by atoms with van der Waals surface area (Å²) in [7, 11) is 0. The average molecular weight is 284 g/mol. The minimum absolute atomic E-state index is 0.0982. The zero-order valence-corrected chi connectivity index (χ0v) is 11.6. The molecule has 0 aliphatic rings. The second-order valence-electron chi connectivity index (χ2n) is 4.13. The zero-order chi connectivity index (χ0) is 14.3. The fraction of sp³-hybridized carbons (Fsp3) is 0.385. The SMILES string of the molecule is Cc1cc(CNC(=O)CCSCC(N)=O)ccc1F. The van der Waals surface area contributed by atoms with Crippen molar-refractivity contribution < 1.29 is 14.0 Å². The molecule has 1 aromatic rings. The number of aryl methyl sites for hydroxylation is 1. The number of rotatable bonds is 7. The van der Waals surface area contributed by atoms with E-state index in [1.165, 1.54) is 17.8 Å². The molecule has 3 N–H and O–H groups in total. The Hall–Kier alpha value is -1.56. The predicted octanol–water partition coefficient (Wildman–Crippen LogP) is 1.36. The lowest BCUT2D eigenvalue weighted by atomic mass is 10.1. The van der Waals surface area contributed by atoms with Crippen LogP contribution in [0.5, 0.6) is 0 Å². The molecule has 6 heteroatoms. The summed E-state index contributed by atoms with van der Waals surface area (Å²) in [4.78, 5) is 22.0. The van der Waals surface area contributed by atoms with E-state index < -0.39 is 0 Å². The first-order chi connectivity index (χ1) is 8.99. The summed E-state index contributed by atoms with van der Waals surface area (Å²) in [6, 6.07) is 4.74. The molecule has 0 saturated carbocycles. The van der Waals surface area contributed by atoms with E-state index in [1.54, 1.807) is 19.1 Å². The van der Waals surface area contributed by atoms with Crippen LogP contribution in [0.2, 0.25) is 0 Å². The maximum Gasteiger partial charge on any atom is 0.227 e. The van der Waals surface area contributed by atoms with Gasteiger partial charge in [-0.3, -0.25) is 9.59 Å². The van der Waals surface area contributed by atoms with Crippen molar-refractivity contribution in [3.63, 3.8) is 0 Å². The van der Waals surface area contributed by atoms with Gasteiger partial charge in [-0.2, -0.15) is 11.8 Å². The highest BCUT2D eigenvalue weighted by Crippen LogP contribution is 2.09. The van der Waals surface area contributed by atoms with Crippen LogP contribution in [-0.2, 0) is 16.1 Å². The molecule has 104 valence electrons. The zero-order valence-electron chi connectivity index (χ0n) is 10.7. The molecule has 0 unspecified atom stereocenters. The van der Waals surface area contributed by atoms with Gasteiger partial charge in [0.15, 0.2) is 0 Å². The van der Waals surface area contributed by atoms with Crippen molar-refractivity contribution in [2.24, 2.45) is 5.73 Å². The third-order valence-corrected chi connectivity index (χ3v) is 3.41. The number of amides is 2. The van der Waals surface area contributed by atoms with Crippen LogP contribution in [-0.4, -0.2) is 23.3 Å². The normalized spacial score (nSPS) is 10.2. The number of nitrogens with one attached hydrogen (secondary N) is 1. The molecule has 1 rings (SSSR count). The molecule has 0 radical (unpaired) electrons. The van der Waals surface area contributed by atoms with Gasteiger partial charge in [0.2, 0.25) is 11.8 Å². The van der Waals surface area contributed by atoms with Gasteiger partial charge in [-0.1, -0.05) is 12.1 Å². The van der Waals surface area contributed by atoms with Crippen LogP contribution < -0.4 is 11.1 Å². The number of carbonyl (C=O) groups excluding carboxylic acids is 2. The van der Waals surface area contributed by atoms with E-state index in [0.29, 0.717) is 24.3 Å². The van der Waals surface area contributed by atoms with Crippen LogP contribution in [0.3, 0.4) is 0 Å². The van der Waals surface area contributed by atoms with Gasteiger partial charge < -0.3 is 11.1 Å². The first kappa shape index (κ1) is 15.5. The van der Waals surface area contributed by atoms with Crippen LogP contribution in [0, 0.1) is 12.7 Å². The van der Waals surface area contributed by atoms with Gasteiger partial charge in [0.1, 0.15) is 5.82 Å². The fourth-order valence-corrected chi connectivity index (χ4v) is 2.12. The Balaban J connectivity index is 2.26. The van der Waals surface area contributed by atoms with Crippen molar-refractivity contribution in [2.75, 3.05) is 11.5 Å². The first-order valence-corrected chi connectivity index (χ1v) is 7.02. The fourth-order valence-electron chi connectivity index (χ4n) is 1.44. The maximum atomic E-state index is 13.0. The summed E-state index contributed by atoms with van der Waals surface area (Å²) in [6.07, 6.45) is 0.331. The Labute approximate surface area is 115 Å². The molecule has 0 aromatic heterocycles. The lowest BCUT2D eigenvalue weighted by Gasteiger charge is -2.06. The quantitative estimate of drug-likeness (QED) is 0.743. The maximum absolute atomic E-state index is 13.0. The van der Waals surface area contributed by atoms with Gasteiger partial charge in [0.05, 0.1) is 5.75 Å². The van der Waals surface area contributed by atoms with Crippen LogP contribution in [0.4, 0.5) is 4.39 Å². The van der Waals surface area contributed by atoms with E-state index in [-0.39, 0.29) is 23.4 Å². The molecule has 19 heavy (non-hydrogen) atoms. The third kappa shape index (κ3) is 6.24. The molecular formula is C13H17FN2O2S. The first-order valence-electron chi connectivity index (χ1n) is 5.87. The standard InChI is InChI=1S/C13H17FN2O2S/c1-9-6-10(2-3-11(9)14)7-16-13(18)4-5-19-8-12(15)17/h2-3,6H,4-5,7-8H2,1H3,(H2,15,17)(H,16,18). The number of halogens is 1. The molecule has 0 atom stereocenters. The van der Waals surface area contributed by atoms with E-state index in [0.717, 1.165) is 5.56 Å². The number of primary amides is 1. The lowest BCUT2D eigenvalue weighted by molar-refractivity contribution is -0.121. The summed E-state index contributed by atoms with van der Waals surface area (Å²) in [5.41, 5.74) is 6.40. The Bertz CT molecular complexity index is 466. The second-order valence-corrected chi connectivity index (χ2v) is 5.23. The smallest absolute Gasteiger partial charge is 0.227 e. The average Bonchev–Trinajstić information content (AvgIpc) is 2.36. The summed E-state index contributed by atoms with van der Waals surface area (Å²) in [5.74, 6) is 0.0471. The molecular weight excluding hydrogens is 267 g/mol. The van der Waals surface area contributed by atoms with Crippen molar-refractivity contribution in [1.29, 1.82) is 0 Å². The lowest BCUT2D eigenvalue weighted by Crippen LogP contribution is -2.23. The van der Waals surface area contributed by atoms with Crippen molar-refractivity contribution in [3.05, 3.63) is 35.1 Å². The molecule has 0 aliphatic carbocycles. The second kappa shape index (κ2) is 7.78. The minimum atomic E-state index is -0.382. The van der Waals surface area contributed by atoms with E-state index >= 15 is 0 Å². The van der Waals surface area contributed by atoms with Gasteiger partial charge in [0.25, 0.3) is 0 Å². The topological polar surface area (TPSA) is 72.2 Å². The number of benzene rings is 1. The predicted molar refractivity (Wildman–Crippen MR) is 74.1 cm³/mol. The Morgan fingerprint density at radius 1 is 1.42 bits per heavy atom. The molecule has 0 aliphatic heterocycles. The van der Waals surface area contributed by atoms with Gasteiger partial charge >= 0.3 is 0 Å². The molecule has 0 saturated heterocycles. The third-order valence-electron chi connectivity index (χ3n) is 2.43. The van der Waals surface area contributed by atoms with Crippen molar-refractivity contribution in [2.45, 2.75) is 19.9 Å².